The van der Waals surface area contributed by atoms with Crippen molar-refractivity contribution in [3.63, 3.8) is 0 Å². The highest BCUT2D eigenvalue weighted by Crippen LogP contribution is 2.27. The molecule has 3 aromatic rings. The third-order valence-corrected chi connectivity index (χ3v) is 7.30. The fraction of sp³-hybridized carbons (Fsp3) is 0.286. The Hall–Kier alpha value is -3.60. The summed E-state index contributed by atoms with van der Waals surface area (Å²) in [6.07, 6.45) is 3.27. The summed E-state index contributed by atoms with van der Waals surface area (Å²) >= 11 is 11.1. The second kappa shape index (κ2) is 11.6. The van der Waals surface area contributed by atoms with E-state index in [2.05, 4.69) is 5.32 Å². The molecule has 2 aliphatic heterocycles. The Labute approximate surface area is 234 Å². The number of nitrogens with one attached hydrogen (secondary N) is 1. The Morgan fingerprint density at radius 1 is 1.08 bits per heavy atom. The van der Waals surface area contributed by atoms with Crippen LogP contribution in [0.1, 0.15) is 44.8 Å². The molecule has 202 valence electrons. The van der Waals surface area contributed by atoms with E-state index in [1.165, 1.54) is 12.3 Å². The van der Waals surface area contributed by atoms with Gasteiger partial charge in [0.05, 0.1) is 28.8 Å². The molecule has 1 aromatic heterocycles. The molecule has 5 rings (SSSR count). The molecule has 0 aliphatic carbocycles. The van der Waals surface area contributed by atoms with Crippen molar-refractivity contribution in [1.82, 2.24) is 19.9 Å². The molecular weight excluding hydrogens is 543 g/mol. The monoisotopic (exact) mass is 568 g/mol. The van der Waals surface area contributed by atoms with E-state index in [1.54, 1.807) is 21.7 Å². The van der Waals surface area contributed by atoms with Crippen LogP contribution in [0.3, 0.4) is 0 Å². The molecule has 39 heavy (non-hydrogen) atoms. The minimum Gasteiger partial charge on any atom is -0.483 e. The average molecular weight is 569 g/mol. The van der Waals surface area contributed by atoms with Crippen molar-refractivity contribution in [1.29, 1.82) is 0 Å². The summed E-state index contributed by atoms with van der Waals surface area (Å²) < 4.78 is 21.8. The molecule has 2 aliphatic rings. The normalized spacial score (nSPS) is 14.9. The SMILES string of the molecule is O=C(CNC(=S)Cc1cccc(Cl)c1F)c1cn2c(c(OCc3ccccc3)c1=O)C(=O)N1CCCCN1C2. The van der Waals surface area contributed by atoms with E-state index in [1.807, 2.05) is 35.3 Å². The molecule has 1 saturated heterocycles. The molecule has 0 bridgehead atoms. The highest BCUT2D eigenvalue weighted by atomic mass is 35.5. The second-order valence-electron chi connectivity index (χ2n) is 9.39. The first-order valence-electron chi connectivity index (χ1n) is 12.6. The highest BCUT2D eigenvalue weighted by molar-refractivity contribution is 7.80. The molecule has 1 fully saturated rings. The number of hydrazine groups is 1. The molecule has 3 heterocycles. The fourth-order valence-electron chi connectivity index (χ4n) is 4.72. The molecule has 1 N–H and O–H groups in total. The lowest BCUT2D eigenvalue weighted by molar-refractivity contribution is -0.0623. The molecule has 2 aromatic carbocycles. The Balaban J connectivity index is 1.41. The van der Waals surface area contributed by atoms with Crippen LogP contribution >= 0.6 is 23.8 Å². The first-order valence-corrected chi connectivity index (χ1v) is 13.4. The van der Waals surface area contributed by atoms with Crippen LogP contribution in [-0.4, -0.2) is 50.9 Å². The van der Waals surface area contributed by atoms with Crippen molar-refractivity contribution >= 4 is 40.5 Å². The van der Waals surface area contributed by atoms with Crippen LogP contribution < -0.4 is 15.5 Å². The van der Waals surface area contributed by atoms with Crippen molar-refractivity contribution in [3.8, 4) is 5.75 Å². The highest BCUT2D eigenvalue weighted by Gasteiger charge is 2.36. The molecular formula is C28H26ClFN4O4S. The summed E-state index contributed by atoms with van der Waals surface area (Å²) in [5.74, 6) is -1.58. The molecule has 8 nitrogen and oxygen atoms in total. The summed E-state index contributed by atoms with van der Waals surface area (Å²) in [4.78, 5) is 40.5. The Kier molecular flexibility index (Phi) is 8.06. The second-order valence-corrected chi connectivity index (χ2v) is 10.3. The zero-order chi connectivity index (χ0) is 27.5. The van der Waals surface area contributed by atoms with E-state index in [-0.39, 0.29) is 52.5 Å². The van der Waals surface area contributed by atoms with Crippen LogP contribution in [0.2, 0.25) is 5.02 Å². The Morgan fingerprint density at radius 3 is 2.64 bits per heavy atom. The lowest BCUT2D eigenvalue weighted by Crippen LogP contribution is -2.55. The number of amides is 1. The number of aromatic nitrogens is 1. The summed E-state index contributed by atoms with van der Waals surface area (Å²) in [5, 5.41) is 6.35. The number of carbonyl (C=O) groups is 2. The number of halogens is 2. The molecule has 11 heteroatoms. The maximum atomic E-state index is 14.2. The summed E-state index contributed by atoms with van der Waals surface area (Å²) in [6.45, 7) is 1.34. The van der Waals surface area contributed by atoms with Gasteiger partial charge in [0.2, 0.25) is 5.43 Å². The van der Waals surface area contributed by atoms with Crippen molar-refractivity contribution in [3.05, 3.63) is 98.2 Å². The van der Waals surface area contributed by atoms with Gasteiger partial charge in [-0.3, -0.25) is 19.4 Å². The number of fused-ring (bicyclic) bond motifs is 2. The Bertz CT molecular complexity index is 1500. The van der Waals surface area contributed by atoms with E-state index in [4.69, 9.17) is 28.6 Å². The average Bonchev–Trinajstić information content (AvgIpc) is 2.94. The lowest BCUT2D eigenvalue weighted by Gasteiger charge is -2.43. The lowest BCUT2D eigenvalue weighted by atomic mass is 10.1. The number of Topliss-reactive ketones (excluding diaryl/α,β-unsaturated/α-hetero) is 1. The molecule has 0 radical (unpaired) electrons. The number of nitrogens with zero attached hydrogens (tertiary/aromatic N) is 3. The van der Waals surface area contributed by atoms with Gasteiger partial charge in [-0.25, -0.2) is 4.39 Å². The van der Waals surface area contributed by atoms with Crippen LogP contribution in [-0.2, 0) is 19.7 Å². The van der Waals surface area contributed by atoms with Crippen molar-refractivity contribution in [2.24, 2.45) is 0 Å². The van der Waals surface area contributed by atoms with E-state index in [0.717, 1.165) is 18.4 Å². The van der Waals surface area contributed by atoms with E-state index in [9.17, 15) is 18.8 Å². The van der Waals surface area contributed by atoms with E-state index < -0.39 is 17.0 Å². The first-order chi connectivity index (χ1) is 18.8. The van der Waals surface area contributed by atoms with Gasteiger partial charge in [-0.05, 0) is 30.0 Å². The molecule has 1 amide bonds. The zero-order valence-corrected chi connectivity index (χ0v) is 22.6. The van der Waals surface area contributed by atoms with Crippen molar-refractivity contribution in [2.75, 3.05) is 19.6 Å². The number of thiocarbonyl (C=S) groups is 1. The van der Waals surface area contributed by atoms with Gasteiger partial charge >= 0.3 is 0 Å². The number of carbonyl (C=O) groups excluding carboxylic acids is 2. The largest absolute Gasteiger partial charge is 0.483 e. The standard InChI is InChI=1S/C28H26ClFN4O4S/c29-21-10-6-9-19(24(21)30)13-23(39)31-14-22(35)20-15-32-17-33-11-4-5-12-34(33)28(37)25(32)27(26(20)36)38-16-18-7-2-1-3-8-18/h1-3,6-10,15H,4-5,11-14,16-17H2,(H,31,39). The van der Waals surface area contributed by atoms with Crippen LogP contribution in [0, 0.1) is 5.82 Å². The minimum atomic E-state index is -0.658. The van der Waals surface area contributed by atoms with Crippen LogP contribution in [0.4, 0.5) is 4.39 Å². The smallest absolute Gasteiger partial charge is 0.288 e. The summed E-state index contributed by atoms with van der Waals surface area (Å²) in [6, 6.07) is 13.9. The maximum absolute atomic E-state index is 14.2. The molecule has 0 saturated carbocycles. The van der Waals surface area contributed by atoms with Crippen molar-refractivity contribution in [2.45, 2.75) is 32.5 Å². The van der Waals surface area contributed by atoms with E-state index >= 15 is 0 Å². The zero-order valence-electron chi connectivity index (χ0n) is 21.0. The maximum Gasteiger partial charge on any atom is 0.288 e. The van der Waals surface area contributed by atoms with Gasteiger partial charge in [-0.1, -0.05) is 66.3 Å². The third-order valence-electron chi connectivity index (χ3n) is 6.72. The van der Waals surface area contributed by atoms with Gasteiger partial charge < -0.3 is 14.6 Å². The van der Waals surface area contributed by atoms with Gasteiger partial charge in [-0.15, -0.1) is 0 Å². The van der Waals surface area contributed by atoms with Crippen LogP contribution in [0.25, 0.3) is 0 Å². The topological polar surface area (TPSA) is 83.9 Å². The van der Waals surface area contributed by atoms with Crippen molar-refractivity contribution < 1.29 is 18.7 Å². The summed E-state index contributed by atoms with van der Waals surface area (Å²) in [5.41, 5.74) is 0.461. The Morgan fingerprint density at radius 2 is 1.85 bits per heavy atom. The van der Waals surface area contributed by atoms with Gasteiger partial charge in [0.25, 0.3) is 5.91 Å². The quantitative estimate of drug-likeness (QED) is 0.325. The van der Waals surface area contributed by atoms with Crippen LogP contribution in [0.15, 0.2) is 59.5 Å². The van der Waals surface area contributed by atoms with Gasteiger partial charge in [0.1, 0.15) is 12.4 Å². The third kappa shape index (κ3) is 5.73. The fourth-order valence-corrected chi connectivity index (χ4v) is 5.14. The number of pyridine rings is 1. The predicted octanol–water partition coefficient (Wildman–Crippen LogP) is 3.99. The number of hydrogen-bond acceptors (Lipinski definition) is 6. The van der Waals surface area contributed by atoms with Gasteiger partial charge in [0.15, 0.2) is 17.2 Å². The predicted molar refractivity (Wildman–Crippen MR) is 148 cm³/mol. The number of rotatable bonds is 8. The molecule has 0 spiro atoms. The first kappa shape index (κ1) is 27.0. The number of hydrogen-bond donors (Lipinski definition) is 1. The van der Waals surface area contributed by atoms with Gasteiger partial charge in [0, 0.05) is 25.7 Å². The molecule has 0 unspecified atom stereocenters. The number of ketones is 1. The number of ether oxygens (including phenoxy) is 1. The van der Waals surface area contributed by atoms with Gasteiger partial charge in [-0.2, -0.15) is 5.01 Å². The molecule has 0 atom stereocenters. The minimum absolute atomic E-state index is 0.0155. The number of benzene rings is 2. The summed E-state index contributed by atoms with van der Waals surface area (Å²) in [7, 11) is 0. The van der Waals surface area contributed by atoms with Crippen LogP contribution in [0.5, 0.6) is 5.75 Å². The van der Waals surface area contributed by atoms with E-state index in [0.29, 0.717) is 25.3 Å².